The van der Waals surface area contributed by atoms with Crippen molar-refractivity contribution in [1.82, 2.24) is 4.90 Å². The monoisotopic (exact) mass is 428 g/mol. The maximum atomic E-state index is 13.3. The van der Waals surface area contributed by atoms with Crippen molar-refractivity contribution in [3.8, 4) is 0 Å². The van der Waals surface area contributed by atoms with E-state index in [1.807, 2.05) is 60.7 Å². The van der Waals surface area contributed by atoms with Gasteiger partial charge in [-0.05, 0) is 49.1 Å². The lowest BCUT2D eigenvalue weighted by Crippen LogP contribution is -2.44. The van der Waals surface area contributed by atoms with E-state index in [0.29, 0.717) is 35.9 Å². The lowest BCUT2D eigenvalue weighted by Gasteiger charge is -2.32. The maximum absolute atomic E-state index is 13.3. The zero-order valence-electron chi connectivity index (χ0n) is 16.2. The fraction of sp³-hybridized carbons (Fsp3) is 0.304. The molecule has 1 aliphatic heterocycles. The normalized spacial score (nSPS) is 20.0. The van der Waals surface area contributed by atoms with Crippen LogP contribution in [0.1, 0.15) is 19.3 Å². The highest BCUT2D eigenvalue weighted by atomic mass is 35.5. The summed E-state index contributed by atoms with van der Waals surface area (Å²) < 4.78 is 0. The molecule has 2 aliphatic rings. The van der Waals surface area contributed by atoms with E-state index >= 15 is 0 Å². The Hall–Kier alpha value is -2.24. The second-order valence-electron chi connectivity index (χ2n) is 7.13. The van der Waals surface area contributed by atoms with Gasteiger partial charge < -0.3 is 10.6 Å². The minimum Gasteiger partial charge on any atom is -0.369 e. The molecule has 0 aromatic heterocycles. The molecule has 2 amide bonds. The molecule has 0 bridgehead atoms. The summed E-state index contributed by atoms with van der Waals surface area (Å²) in [5.74, 6) is -0.130. The molecule has 1 atom stereocenters. The van der Waals surface area contributed by atoms with Crippen LogP contribution in [-0.2, 0) is 9.59 Å². The quantitative estimate of drug-likeness (QED) is 0.538. The summed E-state index contributed by atoms with van der Waals surface area (Å²) in [6, 6.07) is 9.99. The molecule has 0 unspecified atom stereocenters. The van der Waals surface area contributed by atoms with Crippen LogP contribution in [0.5, 0.6) is 0 Å². The Morgan fingerprint density at radius 1 is 1.24 bits per heavy atom. The topological polar surface area (TPSA) is 63.4 Å². The molecule has 1 fully saturated rings. The fourth-order valence-electron chi connectivity index (χ4n) is 3.40. The molecule has 1 aliphatic carbocycles. The van der Waals surface area contributed by atoms with Gasteiger partial charge in [-0.15, -0.1) is 11.8 Å². The number of allylic oxidation sites excluding steroid dienone is 7. The number of carbonyl (C=O) groups excluding carboxylic acids is 2. The van der Waals surface area contributed by atoms with Crippen LogP contribution < -0.4 is 5.73 Å². The zero-order valence-corrected chi connectivity index (χ0v) is 17.8. The van der Waals surface area contributed by atoms with E-state index in [9.17, 15) is 9.59 Å². The summed E-state index contributed by atoms with van der Waals surface area (Å²) in [7, 11) is 0. The molecule has 2 N–H and O–H groups in total. The second kappa shape index (κ2) is 10.5. The Kier molecular flexibility index (Phi) is 7.78. The summed E-state index contributed by atoms with van der Waals surface area (Å²) in [4.78, 5) is 27.8. The average molecular weight is 429 g/mol. The Labute approximate surface area is 181 Å². The maximum Gasteiger partial charge on any atom is 0.250 e. The van der Waals surface area contributed by atoms with Crippen molar-refractivity contribution in [2.75, 3.05) is 18.8 Å². The molecular weight excluding hydrogens is 404 g/mol. The SMILES string of the molecule is NC(=O)[C@H]1CCCN(C(=O)/C(=C/C2=C(Cl)C=CC=CC2)CSc2ccccc2)C1. The van der Waals surface area contributed by atoms with Gasteiger partial charge in [-0.2, -0.15) is 0 Å². The minimum absolute atomic E-state index is 0.0476. The van der Waals surface area contributed by atoms with Crippen LogP contribution in [0.3, 0.4) is 0 Å². The fourth-order valence-corrected chi connectivity index (χ4v) is 4.48. The highest BCUT2D eigenvalue weighted by molar-refractivity contribution is 7.99. The number of thioether (sulfide) groups is 1. The number of halogens is 1. The number of amides is 2. The lowest BCUT2D eigenvalue weighted by atomic mass is 9.96. The van der Waals surface area contributed by atoms with Gasteiger partial charge in [0.2, 0.25) is 5.91 Å². The Bertz CT molecular complexity index is 874. The number of nitrogens with zero attached hydrogens (tertiary/aromatic N) is 1. The van der Waals surface area contributed by atoms with Crippen molar-refractivity contribution in [2.45, 2.75) is 24.2 Å². The van der Waals surface area contributed by atoms with Gasteiger partial charge in [-0.3, -0.25) is 9.59 Å². The van der Waals surface area contributed by atoms with Gasteiger partial charge in [0.15, 0.2) is 0 Å². The van der Waals surface area contributed by atoms with Gasteiger partial charge in [0.1, 0.15) is 0 Å². The van der Waals surface area contributed by atoms with Gasteiger partial charge in [0.25, 0.3) is 5.91 Å². The van der Waals surface area contributed by atoms with Crippen molar-refractivity contribution in [3.63, 3.8) is 0 Å². The third-order valence-corrected chi connectivity index (χ3v) is 6.44. The Balaban J connectivity index is 1.84. The molecule has 6 heteroatoms. The smallest absolute Gasteiger partial charge is 0.250 e. The molecule has 29 heavy (non-hydrogen) atoms. The Morgan fingerprint density at radius 2 is 2.03 bits per heavy atom. The van der Waals surface area contributed by atoms with Crippen LogP contribution in [0.2, 0.25) is 0 Å². The molecule has 4 nitrogen and oxygen atoms in total. The molecule has 3 rings (SSSR count). The van der Waals surface area contributed by atoms with Crippen molar-refractivity contribution < 1.29 is 9.59 Å². The highest BCUT2D eigenvalue weighted by Gasteiger charge is 2.28. The Morgan fingerprint density at radius 3 is 2.79 bits per heavy atom. The molecule has 1 aromatic rings. The number of piperidine rings is 1. The van der Waals surface area contributed by atoms with Crippen molar-refractivity contribution in [3.05, 3.63) is 76.9 Å². The van der Waals surface area contributed by atoms with E-state index in [2.05, 4.69) is 0 Å². The van der Waals surface area contributed by atoms with Crippen LogP contribution in [0, 0.1) is 5.92 Å². The minimum atomic E-state index is -0.337. The van der Waals surface area contributed by atoms with E-state index in [4.69, 9.17) is 17.3 Å². The first kappa shape index (κ1) is 21.5. The van der Waals surface area contributed by atoms with Crippen molar-refractivity contribution in [2.24, 2.45) is 11.7 Å². The van der Waals surface area contributed by atoms with E-state index < -0.39 is 0 Å². The van der Waals surface area contributed by atoms with Crippen LogP contribution in [0.15, 0.2) is 81.8 Å². The molecule has 152 valence electrons. The zero-order chi connectivity index (χ0) is 20.6. The predicted molar refractivity (Wildman–Crippen MR) is 120 cm³/mol. The second-order valence-corrected chi connectivity index (χ2v) is 8.58. The first-order valence-electron chi connectivity index (χ1n) is 9.73. The number of hydrogen-bond acceptors (Lipinski definition) is 3. The predicted octanol–water partition coefficient (Wildman–Crippen LogP) is 4.44. The molecule has 1 heterocycles. The largest absolute Gasteiger partial charge is 0.369 e. The summed E-state index contributed by atoms with van der Waals surface area (Å²) in [5.41, 5.74) is 7.08. The lowest BCUT2D eigenvalue weighted by molar-refractivity contribution is -0.131. The number of hydrogen-bond donors (Lipinski definition) is 1. The number of carbonyl (C=O) groups is 2. The molecule has 0 saturated carbocycles. The van der Waals surface area contributed by atoms with Gasteiger partial charge >= 0.3 is 0 Å². The molecular formula is C23H25ClN2O2S. The number of rotatable bonds is 6. The average Bonchev–Trinajstić information content (AvgIpc) is 2.95. The highest BCUT2D eigenvalue weighted by Crippen LogP contribution is 2.27. The number of primary amides is 1. The van der Waals surface area contributed by atoms with E-state index in [1.165, 1.54) is 0 Å². The van der Waals surface area contributed by atoms with Gasteiger partial charge in [0, 0.05) is 34.3 Å². The summed E-state index contributed by atoms with van der Waals surface area (Å²) >= 11 is 8.03. The summed E-state index contributed by atoms with van der Waals surface area (Å²) in [6.45, 7) is 1.02. The van der Waals surface area contributed by atoms with Crippen molar-refractivity contribution in [1.29, 1.82) is 0 Å². The van der Waals surface area contributed by atoms with Crippen molar-refractivity contribution >= 4 is 35.2 Å². The van der Waals surface area contributed by atoms with E-state index in [-0.39, 0.29) is 17.7 Å². The van der Waals surface area contributed by atoms with E-state index in [1.54, 1.807) is 16.7 Å². The molecule has 1 aromatic carbocycles. The van der Waals surface area contributed by atoms with Crippen LogP contribution in [-0.4, -0.2) is 35.6 Å². The number of nitrogens with two attached hydrogens (primary N) is 1. The molecule has 0 spiro atoms. The third-order valence-electron chi connectivity index (χ3n) is 5.01. The summed E-state index contributed by atoms with van der Waals surface area (Å²) in [6.07, 6.45) is 11.8. The standard InChI is InChI=1S/C23H25ClN2O2S/c24-21-12-6-1-3-8-17(21)14-19(16-29-20-10-4-2-5-11-20)23(28)26-13-7-9-18(15-26)22(25)27/h1-6,10-12,14,18H,7-9,13,15-16H2,(H2,25,27)/b19-14+/t18-/m0/s1. The van der Waals surface area contributed by atoms with Crippen LogP contribution in [0.25, 0.3) is 0 Å². The van der Waals surface area contributed by atoms with E-state index in [0.717, 1.165) is 23.3 Å². The number of benzene rings is 1. The molecule has 0 radical (unpaired) electrons. The first-order valence-corrected chi connectivity index (χ1v) is 11.1. The summed E-state index contributed by atoms with van der Waals surface area (Å²) in [5, 5.41) is 0.638. The number of likely N-dealkylation sites (tertiary alicyclic amines) is 1. The van der Waals surface area contributed by atoms with Crippen LogP contribution in [0.4, 0.5) is 0 Å². The molecule has 1 saturated heterocycles. The van der Waals surface area contributed by atoms with Gasteiger partial charge in [0.05, 0.1) is 5.92 Å². The van der Waals surface area contributed by atoms with Gasteiger partial charge in [-0.1, -0.05) is 48.0 Å². The third kappa shape index (κ3) is 6.12. The first-order chi connectivity index (χ1) is 14.0. The van der Waals surface area contributed by atoms with Crippen LogP contribution >= 0.6 is 23.4 Å². The van der Waals surface area contributed by atoms with Gasteiger partial charge in [-0.25, -0.2) is 0 Å².